The van der Waals surface area contributed by atoms with Crippen molar-refractivity contribution in [2.75, 3.05) is 6.61 Å². The van der Waals surface area contributed by atoms with Crippen LogP contribution in [0.4, 0.5) is 0 Å². The second kappa shape index (κ2) is 6.18. The molecule has 2 aromatic rings. The molecule has 1 aromatic heterocycles. The minimum Gasteiger partial charge on any atom is -0.461 e. The maximum Gasteiger partial charge on any atom is 0.358 e. The van der Waals surface area contributed by atoms with E-state index in [-0.39, 0.29) is 5.97 Å². The number of carbonyl (C=O) groups is 1. The molecule has 0 aliphatic heterocycles. The zero-order valence-electron chi connectivity index (χ0n) is 11.3. The molecule has 100 valence electrons. The molecule has 0 N–H and O–H groups in total. The van der Waals surface area contributed by atoms with Crippen LogP contribution in [0.2, 0.25) is 0 Å². The number of carbonyl (C=O) groups excluding carboxylic acids is 1. The molecule has 1 heterocycles. The lowest BCUT2D eigenvalue weighted by Crippen LogP contribution is -2.09. The molecule has 19 heavy (non-hydrogen) atoms. The van der Waals surface area contributed by atoms with E-state index in [1.165, 1.54) is 5.56 Å². The highest BCUT2D eigenvalue weighted by atomic mass is 16.5. The number of aromatic nitrogens is 2. The summed E-state index contributed by atoms with van der Waals surface area (Å²) in [4.78, 5) is 15.8. The van der Waals surface area contributed by atoms with Gasteiger partial charge in [-0.1, -0.05) is 30.3 Å². The van der Waals surface area contributed by atoms with E-state index in [4.69, 9.17) is 4.74 Å². The topological polar surface area (TPSA) is 44.1 Å². The van der Waals surface area contributed by atoms with E-state index in [9.17, 15) is 4.79 Å². The van der Waals surface area contributed by atoms with Crippen LogP contribution < -0.4 is 0 Å². The van der Waals surface area contributed by atoms with Crippen LogP contribution in [-0.4, -0.2) is 22.1 Å². The van der Waals surface area contributed by atoms with Gasteiger partial charge in [-0.15, -0.1) is 0 Å². The fourth-order valence-corrected chi connectivity index (χ4v) is 1.96. The van der Waals surface area contributed by atoms with E-state index in [0.29, 0.717) is 12.3 Å². The third-order valence-electron chi connectivity index (χ3n) is 3.05. The second-order valence-corrected chi connectivity index (χ2v) is 4.33. The summed E-state index contributed by atoms with van der Waals surface area (Å²) >= 11 is 0. The Hall–Kier alpha value is -2.10. The molecule has 0 aliphatic rings. The molecule has 0 amide bonds. The zero-order chi connectivity index (χ0) is 13.7. The highest BCUT2D eigenvalue weighted by Gasteiger charge is 2.15. The first kappa shape index (κ1) is 13.3. The van der Waals surface area contributed by atoms with Gasteiger partial charge in [-0.3, -0.25) is 0 Å². The average molecular weight is 258 g/mol. The van der Waals surface area contributed by atoms with Crippen LogP contribution in [0.25, 0.3) is 0 Å². The van der Waals surface area contributed by atoms with Crippen LogP contribution in [0.15, 0.2) is 36.7 Å². The number of hydrogen-bond acceptors (Lipinski definition) is 3. The van der Waals surface area contributed by atoms with Crippen molar-refractivity contribution in [2.24, 2.45) is 0 Å². The Morgan fingerprint density at radius 1 is 1.32 bits per heavy atom. The van der Waals surface area contributed by atoms with Crippen molar-refractivity contribution in [1.82, 2.24) is 9.55 Å². The minimum atomic E-state index is -0.349. The second-order valence-electron chi connectivity index (χ2n) is 4.33. The summed E-state index contributed by atoms with van der Waals surface area (Å²) in [5, 5.41) is 0. The standard InChI is InChI=1S/C15H18N2O2/c1-3-19-15(18)14-12(2)17(11-16-14)10-9-13-7-5-4-6-8-13/h4-8,11H,3,9-10H2,1-2H3. The van der Waals surface area contributed by atoms with Crippen molar-refractivity contribution in [3.05, 3.63) is 53.6 Å². The fourth-order valence-electron chi connectivity index (χ4n) is 1.96. The summed E-state index contributed by atoms with van der Waals surface area (Å²) in [5.74, 6) is -0.349. The van der Waals surface area contributed by atoms with E-state index in [0.717, 1.165) is 18.7 Å². The zero-order valence-corrected chi connectivity index (χ0v) is 11.3. The summed E-state index contributed by atoms with van der Waals surface area (Å²) in [6, 6.07) is 10.3. The molecule has 0 radical (unpaired) electrons. The van der Waals surface area contributed by atoms with Gasteiger partial charge in [-0.05, 0) is 25.8 Å². The highest BCUT2D eigenvalue weighted by Crippen LogP contribution is 2.09. The van der Waals surface area contributed by atoms with Crippen LogP contribution in [0.5, 0.6) is 0 Å². The monoisotopic (exact) mass is 258 g/mol. The molecule has 0 atom stereocenters. The number of nitrogens with zero attached hydrogens (tertiary/aromatic N) is 2. The molecule has 0 spiro atoms. The van der Waals surface area contributed by atoms with Crippen LogP contribution >= 0.6 is 0 Å². The summed E-state index contributed by atoms with van der Waals surface area (Å²) in [5.41, 5.74) is 2.54. The highest BCUT2D eigenvalue weighted by molar-refractivity contribution is 5.88. The molecule has 0 fully saturated rings. The van der Waals surface area contributed by atoms with Crippen LogP contribution in [-0.2, 0) is 17.7 Å². The summed E-state index contributed by atoms with van der Waals surface area (Å²) in [6.45, 7) is 4.86. The molecule has 4 nitrogen and oxygen atoms in total. The maximum absolute atomic E-state index is 11.7. The lowest BCUT2D eigenvalue weighted by molar-refractivity contribution is 0.0519. The largest absolute Gasteiger partial charge is 0.461 e. The van der Waals surface area contributed by atoms with Crippen molar-refractivity contribution >= 4 is 5.97 Å². The smallest absolute Gasteiger partial charge is 0.358 e. The van der Waals surface area contributed by atoms with Gasteiger partial charge in [0.1, 0.15) is 0 Å². The molecule has 0 bridgehead atoms. The SMILES string of the molecule is CCOC(=O)c1ncn(CCc2ccccc2)c1C. The molecular formula is C15H18N2O2. The van der Waals surface area contributed by atoms with Crippen molar-refractivity contribution in [3.8, 4) is 0 Å². The van der Waals surface area contributed by atoms with Crippen molar-refractivity contribution < 1.29 is 9.53 Å². The van der Waals surface area contributed by atoms with Gasteiger partial charge in [-0.2, -0.15) is 0 Å². The summed E-state index contributed by atoms with van der Waals surface area (Å²) in [6.07, 6.45) is 2.62. The molecule has 4 heteroatoms. The number of imidazole rings is 1. The lowest BCUT2D eigenvalue weighted by Gasteiger charge is -2.06. The van der Waals surface area contributed by atoms with Crippen LogP contribution in [0, 0.1) is 6.92 Å². The first-order chi connectivity index (χ1) is 9.22. The number of aryl methyl sites for hydroxylation is 2. The normalized spacial score (nSPS) is 10.4. The molecule has 1 aromatic carbocycles. The Morgan fingerprint density at radius 3 is 2.74 bits per heavy atom. The van der Waals surface area contributed by atoms with E-state index in [2.05, 4.69) is 17.1 Å². The number of rotatable bonds is 5. The van der Waals surface area contributed by atoms with Gasteiger partial charge in [0, 0.05) is 12.2 Å². The first-order valence-electron chi connectivity index (χ1n) is 6.45. The van der Waals surface area contributed by atoms with E-state index in [1.807, 2.05) is 29.7 Å². The number of benzene rings is 1. The number of ether oxygens (including phenoxy) is 1. The predicted molar refractivity (Wildman–Crippen MR) is 73.1 cm³/mol. The molecule has 0 unspecified atom stereocenters. The lowest BCUT2D eigenvalue weighted by atomic mass is 10.1. The Balaban J connectivity index is 2.04. The van der Waals surface area contributed by atoms with Crippen molar-refractivity contribution in [3.63, 3.8) is 0 Å². The van der Waals surface area contributed by atoms with Crippen molar-refractivity contribution in [1.29, 1.82) is 0 Å². The molecule has 0 aliphatic carbocycles. The first-order valence-corrected chi connectivity index (χ1v) is 6.45. The Kier molecular flexibility index (Phi) is 4.34. The Bertz CT molecular complexity index is 547. The van der Waals surface area contributed by atoms with Crippen molar-refractivity contribution in [2.45, 2.75) is 26.8 Å². The van der Waals surface area contributed by atoms with Gasteiger partial charge in [0.25, 0.3) is 0 Å². The summed E-state index contributed by atoms with van der Waals surface area (Å²) < 4.78 is 6.96. The van der Waals surface area contributed by atoms with E-state index < -0.39 is 0 Å². The maximum atomic E-state index is 11.7. The Labute approximate surface area is 113 Å². The van der Waals surface area contributed by atoms with Crippen LogP contribution in [0.3, 0.4) is 0 Å². The molecule has 2 rings (SSSR count). The number of hydrogen-bond donors (Lipinski definition) is 0. The fraction of sp³-hybridized carbons (Fsp3) is 0.333. The Morgan fingerprint density at radius 2 is 2.05 bits per heavy atom. The molecular weight excluding hydrogens is 240 g/mol. The predicted octanol–water partition coefficient (Wildman–Crippen LogP) is 2.61. The van der Waals surface area contributed by atoms with E-state index >= 15 is 0 Å². The third-order valence-corrected chi connectivity index (χ3v) is 3.05. The van der Waals surface area contributed by atoms with Gasteiger partial charge in [0.05, 0.1) is 12.9 Å². The molecule has 0 saturated carbocycles. The van der Waals surface area contributed by atoms with Gasteiger partial charge < -0.3 is 9.30 Å². The summed E-state index contributed by atoms with van der Waals surface area (Å²) in [7, 11) is 0. The van der Waals surface area contributed by atoms with Gasteiger partial charge in [0.2, 0.25) is 0 Å². The van der Waals surface area contributed by atoms with Gasteiger partial charge in [0.15, 0.2) is 5.69 Å². The minimum absolute atomic E-state index is 0.349. The van der Waals surface area contributed by atoms with Gasteiger partial charge >= 0.3 is 5.97 Å². The van der Waals surface area contributed by atoms with E-state index in [1.54, 1.807) is 13.3 Å². The molecule has 0 saturated heterocycles. The van der Waals surface area contributed by atoms with Crippen LogP contribution in [0.1, 0.15) is 28.7 Å². The third kappa shape index (κ3) is 3.22. The number of esters is 1. The quantitative estimate of drug-likeness (QED) is 0.774. The van der Waals surface area contributed by atoms with Gasteiger partial charge in [-0.25, -0.2) is 9.78 Å². The average Bonchev–Trinajstić information content (AvgIpc) is 2.79.